The molecule has 0 saturated heterocycles. The van der Waals surface area contributed by atoms with E-state index in [1.54, 1.807) is 0 Å². The topological polar surface area (TPSA) is 66.5 Å². The van der Waals surface area contributed by atoms with Crippen molar-refractivity contribution < 1.29 is 18.8 Å². The number of halogens is 3. The fourth-order valence-corrected chi connectivity index (χ4v) is 3.40. The highest BCUT2D eigenvalue weighted by molar-refractivity contribution is 6.43. The number of nitrogens with zero attached hydrogens (tertiary/aromatic N) is 1. The first-order valence-electron chi connectivity index (χ1n) is 8.76. The number of hydrogen-bond donors (Lipinski definition) is 1. The molecule has 1 N–H and O–H groups in total. The molecule has 0 aliphatic carbocycles. The van der Waals surface area contributed by atoms with Gasteiger partial charge in [0.25, 0.3) is 11.8 Å². The lowest BCUT2D eigenvalue weighted by Crippen LogP contribution is -2.47. The van der Waals surface area contributed by atoms with E-state index in [4.69, 9.17) is 23.2 Å². The van der Waals surface area contributed by atoms with Crippen molar-refractivity contribution in [3.8, 4) is 0 Å². The summed E-state index contributed by atoms with van der Waals surface area (Å²) in [6.07, 6.45) is 1.72. The van der Waals surface area contributed by atoms with Crippen LogP contribution >= 0.6 is 23.2 Å². The minimum Gasteiger partial charge on any atom is -0.324 e. The van der Waals surface area contributed by atoms with Gasteiger partial charge in [-0.15, -0.1) is 0 Å². The molecule has 0 saturated carbocycles. The van der Waals surface area contributed by atoms with E-state index in [1.165, 1.54) is 36.4 Å². The highest BCUT2D eigenvalue weighted by Crippen LogP contribution is 2.33. The molecule has 1 aliphatic rings. The molecule has 1 heterocycles. The minimum atomic E-state index is -1.00. The van der Waals surface area contributed by atoms with Gasteiger partial charge in [-0.3, -0.25) is 19.3 Å². The van der Waals surface area contributed by atoms with E-state index in [9.17, 15) is 18.8 Å². The summed E-state index contributed by atoms with van der Waals surface area (Å²) in [5, 5.41) is 2.96. The van der Waals surface area contributed by atoms with Gasteiger partial charge in [-0.25, -0.2) is 4.39 Å². The number of amides is 3. The number of fused-ring (bicyclic) bond motifs is 1. The van der Waals surface area contributed by atoms with Gasteiger partial charge in [0.1, 0.15) is 11.9 Å². The number of imide groups is 1. The summed E-state index contributed by atoms with van der Waals surface area (Å²) in [5.41, 5.74) is 0.613. The second kappa shape index (κ2) is 8.29. The minimum absolute atomic E-state index is 0.121. The Morgan fingerprint density at radius 3 is 2.11 bits per heavy atom. The van der Waals surface area contributed by atoms with Crippen molar-refractivity contribution in [2.75, 3.05) is 5.32 Å². The molecule has 3 rings (SSSR count). The van der Waals surface area contributed by atoms with Gasteiger partial charge < -0.3 is 5.32 Å². The SMILES string of the molecule is CCCC[C@H](C(=O)Nc1ccc(F)cc1)N1C(=O)c2cc(Cl)c(Cl)cc2C1=O. The van der Waals surface area contributed by atoms with Crippen molar-refractivity contribution in [2.45, 2.75) is 32.2 Å². The van der Waals surface area contributed by atoms with Crippen molar-refractivity contribution in [1.29, 1.82) is 0 Å². The third-order valence-corrected chi connectivity index (χ3v) is 5.24. The van der Waals surface area contributed by atoms with Gasteiger partial charge in [0.2, 0.25) is 5.91 Å². The summed E-state index contributed by atoms with van der Waals surface area (Å²) in [5.74, 6) is -2.13. The van der Waals surface area contributed by atoms with E-state index in [0.717, 1.165) is 11.3 Å². The van der Waals surface area contributed by atoms with Crippen molar-refractivity contribution in [2.24, 2.45) is 0 Å². The average molecular weight is 423 g/mol. The summed E-state index contributed by atoms with van der Waals surface area (Å²) in [4.78, 5) is 39.5. The number of unbranched alkanes of at least 4 members (excludes halogenated alkanes) is 1. The Bertz CT molecular complexity index is 906. The molecule has 0 fully saturated rings. The zero-order valence-electron chi connectivity index (χ0n) is 15.0. The first-order valence-corrected chi connectivity index (χ1v) is 9.52. The highest BCUT2D eigenvalue weighted by atomic mass is 35.5. The number of carbonyl (C=O) groups is 3. The second-order valence-electron chi connectivity index (χ2n) is 6.45. The standard InChI is InChI=1S/C20H17Cl2FN2O3/c1-2-3-4-17(18(26)24-12-7-5-11(23)6-8-12)25-19(27)13-9-15(21)16(22)10-14(13)20(25)28/h5-10,17H,2-4H2,1H3,(H,24,26)/t17-/m1/s1. The zero-order valence-corrected chi connectivity index (χ0v) is 16.5. The quantitative estimate of drug-likeness (QED) is 0.671. The van der Waals surface area contributed by atoms with Crippen LogP contribution in [-0.2, 0) is 4.79 Å². The summed E-state index contributed by atoms with van der Waals surface area (Å²) < 4.78 is 13.1. The Morgan fingerprint density at radius 1 is 1.07 bits per heavy atom. The summed E-state index contributed by atoms with van der Waals surface area (Å²) in [6, 6.07) is 6.92. The highest BCUT2D eigenvalue weighted by Gasteiger charge is 2.43. The van der Waals surface area contributed by atoms with Crippen LogP contribution < -0.4 is 5.32 Å². The van der Waals surface area contributed by atoms with Crippen molar-refractivity contribution in [3.63, 3.8) is 0 Å². The lowest BCUT2D eigenvalue weighted by Gasteiger charge is -2.25. The monoisotopic (exact) mass is 422 g/mol. The molecule has 0 unspecified atom stereocenters. The molecule has 0 bridgehead atoms. The van der Waals surface area contributed by atoms with Crippen molar-refractivity contribution >= 4 is 46.6 Å². The predicted molar refractivity (Wildman–Crippen MR) is 105 cm³/mol. The van der Waals surface area contributed by atoms with Crippen molar-refractivity contribution in [3.05, 3.63) is 63.4 Å². The smallest absolute Gasteiger partial charge is 0.262 e. The van der Waals surface area contributed by atoms with Gasteiger partial charge in [-0.05, 0) is 42.8 Å². The molecule has 5 nitrogen and oxygen atoms in total. The van der Waals surface area contributed by atoms with Crippen LogP contribution in [0.25, 0.3) is 0 Å². The maximum atomic E-state index is 13.1. The number of rotatable bonds is 6. The molecule has 146 valence electrons. The first kappa shape index (κ1) is 20.3. The average Bonchev–Trinajstić information content (AvgIpc) is 2.89. The fraction of sp³-hybridized carbons (Fsp3) is 0.250. The van der Waals surface area contributed by atoms with E-state index in [0.29, 0.717) is 18.5 Å². The molecular formula is C20H17Cl2FN2O3. The molecule has 1 atom stereocenters. The summed E-state index contributed by atoms with van der Waals surface area (Å²) in [6.45, 7) is 1.94. The summed E-state index contributed by atoms with van der Waals surface area (Å²) >= 11 is 11.9. The lowest BCUT2D eigenvalue weighted by molar-refractivity contribution is -0.120. The van der Waals surface area contributed by atoms with Crippen LogP contribution in [0.3, 0.4) is 0 Å². The van der Waals surface area contributed by atoms with Crippen LogP contribution in [-0.4, -0.2) is 28.7 Å². The maximum absolute atomic E-state index is 13.1. The van der Waals surface area contributed by atoms with Crippen LogP contribution in [0.15, 0.2) is 36.4 Å². The van der Waals surface area contributed by atoms with E-state index >= 15 is 0 Å². The Kier molecular flexibility index (Phi) is 6.01. The Hall–Kier alpha value is -2.44. The second-order valence-corrected chi connectivity index (χ2v) is 7.26. The number of benzene rings is 2. The molecule has 3 amide bonds. The largest absolute Gasteiger partial charge is 0.324 e. The predicted octanol–water partition coefficient (Wildman–Crippen LogP) is 4.93. The molecule has 28 heavy (non-hydrogen) atoms. The van der Waals surface area contributed by atoms with E-state index < -0.39 is 29.6 Å². The first-order chi connectivity index (χ1) is 13.3. The van der Waals surface area contributed by atoms with Crippen LogP contribution in [0.2, 0.25) is 10.0 Å². The molecular weight excluding hydrogens is 406 g/mol. The Balaban J connectivity index is 1.91. The molecule has 0 aromatic heterocycles. The van der Waals surface area contributed by atoms with Crippen LogP contribution in [0.4, 0.5) is 10.1 Å². The Labute approximate surface area is 171 Å². The normalized spacial score (nSPS) is 14.2. The van der Waals surface area contributed by atoms with Crippen molar-refractivity contribution in [1.82, 2.24) is 4.90 Å². The van der Waals surface area contributed by atoms with E-state index in [-0.39, 0.29) is 21.2 Å². The Morgan fingerprint density at radius 2 is 1.61 bits per heavy atom. The van der Waals surface area contributed by atoms with Gasteiger partial charge in [-0.1, -0.05) is 43.0 Å². The van der Waals surface area contributed by atoms with Crippen LogP contribution in [0, 0.1) is 5.82 Å². The van der Waals surface area contributed by atoms with Crippen LogP contribution in [0.1, 0.15) is 46.9 Å². The number of carbonyl (C=O) groups excluding carboxylic acids is 3. The maximum Gasteiger partial charge on any atom is 0.262 e. The van der Waals surface area contributed by atoms with E-state index in [2.05, 4.69) is 5.32 Å². The van der Waals surface area contributed by atoms with Gasteiger partial charge in [0.05, 0.1) is 21.2 Å². The van der Waals surface area contributed by atoms with Gasteiger partial charge in [-0.2, -0.15) is 0 Å². The van der Waals surface area contributed by atoms with Gasteiger partial charge >= 0.3 is 0 Å². The lowest BCUT2D eigenvalue weighted by atomic mass is 10.1. The third-order valence-electron chi connectivity index (χ3n) is 4.52. The fourth-order valence-electron chi connectivity index (χ4n) is 3.07. The number of hydrogen-bond acceptors (Lipinski definition) is 3. The van der Waals surface area contributed by atoms with Crippen LogP contribution in [0.5, 0.6) is 0 Å². The number of anilines is 1. The molecule has 2 aromatic carbocycles. The molecule has 8 heteroatoms. The molecule has 0 spiro atoms. The van der Waals surface area contributed by atoms with E-state index in [1.807, 2.05) is 6.92 Å². The summed E-state index contributed by atoms with van der Waals surface area (Å²) in [7, 11) is 0. The van der Waals surface area contributed by atoms with Gasteiger partial charge in [0, 0.05) is 5.69 Å². The zero-order chi connectivity index (χ0) is 20.4. The van der Waals surface area contributed by atoms with Gasteiger partial charge in [0.15, 0.2) is 0 Å². The molecule has 2 aromatic rings. The molecule has 1 aliphatic heterocycles. The third kappa shape index (κ3) is 3.88. The number of nitrogens with one attached hydrogen (secondary N) is 1. The molecule has 0 radical (unpaired) electrons.